The van der Waals surface area contributed by atoms with Crippen molar-refractivity contribution >= 4 is 11.6 Å². The van der Waals surface area contributed by atoms with Crippen molar-refractivity contribution < 1.29 is 9.18 Å². The fraction of sp³-hybridized carbons (Fsp3) is 0.417. The summed E-state index contributed by atoms with van der Waals surface area (Å²) in [6, 6.07) is 4.61. The molecule has 0 saturated carbocycles. The summed E-state index contributed by atoms with van der Waals surface area (Å²) in [6.45, 7) is 2.67. The first kappa shape index (κ1) is 11.1. The molecule has 0 aliphatic carbocycles. The maximum absolute atomic E-state index is 13.5. The Balaban J connectivity index is 2.05. The maximum Gasteiger partial charge on any atom is 0.241 e. The Morgan fingerprint density at radius 1 is 1.56 bits per heavy atom. The molecule has 3 nitrogen and oxygen atoms in total. The van der Waals surface area contributed by atoms with E-state index in [1.54, 1.807) is 12.1 Å². The smallest absolute Gasteiger partial charge is 0.241 e. The highest BCUT2D eigenvalue weighted by Gasteiger charge is 2.22. The molecule has 1 amide bonds. The van der Waals surface area contributed by atoms with E-state index in [1.807, 2.05) is 6.92 Å². The summed E-state index contributed by atoms with van der Waals surface area (Å²) in [6.07, 6.45) is 1.81. The van der Waals surface area contributed by atoms with Crippen molar-refractivity contribution in [3.8, 4) is 0 Å². The zero-order chi connectivity index (χ0) is 11.5. The summed E-state index contributed by atoms with van der Waals surface area (Å²) in [7, 11) is 0. The predicted molar refractivity (Wildman–Crippen MR) is 60.8 cm³/mol. The summed E-state index contributed by atoms with van der Waals surface area (Å²) >= 11 is 0. The Labute approximate surface area is 94.0 Å². The molecule has 1 aromatic rings. The van der Waals surface area contributed by atoms with Crippen LogP contribution in [0.25, 0.3) is 0 Å². The summed E-state index contributed by atoms with van der Waals surface area (Å²) < 4.78 is 13.5. The van der Waals surface area contributed by atoms with Gasteiger partial charge in [0.25, 0.3) is 0 Å². The molecule has 1 saturated heterocycles. The Kier molecular flexibility index (Phi) is 3.19. The molecule has 0 spiro atoms. The number of nitrogens with one attached hydrogen (secondary N) is 2. The van der Waals surface area contributed by atoms with Crippen LogP contribution in [0.15, 0.2) is 18.2 Å². The Morgan fingerprint density at radius 2 is 2.38 bits per heavy atom. The third-order valence-corrected chi connectivity index (χ3v) is 2.76. The van der Waals surface area contributed by atoms with Gasteiger partial charge in [-0.3, -0.25) is 4.79 Å². The van der Waals surface area contributed by atoms with E-state index >= 15 is 0 Å². The molecule has 16 heavy (non-hydrogen) atoms. The SMILES string of the molecule is Cc1ccc(NC(=O)[C@H]2CCCN2)c(F)c1. The molecule has 2 rings (SSSR count). The van der Waals surface area contributed by atoms with Crippen LogP contribution in [0.5, 0.6) is 0 Å². The number of hydrogen-bond donors (Lipinski definition) is 2. The molecular formula is C12H15FN2O. The van der Waals surface area contributed by atoms with Gasteiger partial charge in [-0.1, -0.05) is 6.07 Å². The van der Waals surface area contributed by atoms with E-state index < -0.39 is 0 Å². The van der Waals surface area contributed by atoms with Crippen molar-refractivity contribution in [3.63, 3.8) is 0 Å². The number of benzene rings is 1. The summed E-state index contributed by atoms with van der Waals surface area (Å²) in [5.74, 6) is -0.536. The second-order valence-corrected chi connectivity index (χ2v) is 4.12. The number of carbonyl (C=O) groups is 1. The van der Waals surface area contributed by atoms with Crippen LogP contribution in [0.1, 0.15) is 18.4 Å². The minimum absolute atomic E-state index is 0.153. The van der Waals surface area contributed by atoms with Crippen molar-refractivity contribution in [1.82, 2.24) is 5.32 Å². The molecule has 2 N–H and O–H groups in total. The Bertz CT molecular complexity index is 400. The van der Waals surface area contributed by atoms with Gasteiger partial charge in [-0.15, -0.1) is 0 Å². The van der Waals surface area contributed by atoms with Crippen LogP contribution in [-0.2, 0) is 4.79 Å². The number of anilines is 1. The predicted octanol–water partition coefficient (Wildman–Crippen LogP) is 1.82. The average Bonchev–Trinajstić information content (AvgIpc) is 2.75. The number of carbonyl (C=O) groups excluding carboxylic acids is 1. The van der Waals surface area contributed by atoms with Crippen molar-refractivity contribution in [2.75, 3.05) is 11.9 Å². The molecule has 1 atom stereocenters. The van der Waals surface area contributed by atoms with E-state index in [9.17, 15) is 9.18 Å². The second kappa shape index (κ2) is 4.61. The summed E-state index contributed by atoms with van der Waals surface area (Å²) in [5, 5.41) is 5.68. The van der Waals surface area contributed by atoms with Crippen molar-refractivity contribution in [2.24, 2.45) is 0 Å². The summed E-state index contributed by atoms with van der Waals surface area (Å²) in [5.41, 5.74) is 1.10. The maximum atomic E-state index is 13.5. The van der Waals surface area contributed by atoms with Crippen molar-refractivity contribution in [1.29, 1.82) is 0 Å². The molecule has 0 radical (unpaired) electrons. The molecule has 0 bridgehead atoms. The molecule has 1 aromatic carbocycles. The minimum atomic E-state index is -0.383. The number of rotatable bonds is 2. The quantitative estimate of drug-likeness (QED) is 0.801. The number of halogens is 1. The molecule has 1 aliphatic rings. The van der Waals surface area contributed by atoms with Crippen LogP contribution >= 0.6 is 0 Å². The number of hydrogen-bond acceptors (Lipinski definition) is 2. The fourth-order valence-electron chi connectivity index (χ4n) is 1.85. The van der Waals surface area contributed by atoms with Gasteiger partial charge < -0.3 is 10.6 Å². The van der Waals surface area contributed by atoms with Gasteiger partial charge in [-0.25, -0.2) is 4.39 Å². The lowest BCUT2D eigenvalue weighted by Crippen LogP contribution is -2.35. The molecule has 1 heterocycles. The van der Waals surface area contributed by atoms with Gasteiger partial charge >= 0.3 is 0 Å². The highest BCUT2D eigenvalue weighted by atomic mass is 19.1. The van der Waals surface area contributed by atoms with E-state index in [0.717, 1.165) is 24.9 Å². The largest absolute Gasteiger partial charge is 0.322 e. The van der Waals surface area contributed by atoms with Gasteiger partial charge in [-0.05, 0) is 44.0 Å². The van der Waals surface area contributed by atoms with E-state index in [4.69, 9.17) is 0 Å². The van der Waals surface area contributed by atoms with Gasteiger partial charge in [-0.2, -0.15) is 0 Å². The normalized spacial score (nSPS) is 19.8. The molecule has 0 unspecified atom stereocenters. The zero-order valence-corrected chi connectivity index (χ0v) is 9.22. The van der Waals surface area contributed by atoms with Gasteiger partial charge in [0.15, 0.2) is 0 Å². The second-order valence-electron chi connectivity index (χ2n) is 4.12. The first-order valence-electron chi connectivity index (χ1n) is 5.47. The first-order chi connectivity index (χ1) is 7.66. The van der Waals surface area contributed by atoms with E-state index in [-0.39, 0.29) is 23.5 Å². The van der Waals surface area contributed by atoms with Crippen LogP contribution in [0.3, 0.4) is 0 Å². The topological polar surface area (TPSA) is 41.1 Å². The fourth-order valence-corrected chi connectivity index (χ4v) is 1.85. The van der Waals surface area contributed by atoms with Gasteiger partial charge in [0.2, 0.25) is 5.91 Å². The van der Waals surface area contributed by atoms with Crippen LogP contribution < -0.4 is 10.6 Å². The van der Waals surface area contributed by atoms with Gasteiger partial charge in [0.1, 0.15) is 5.82 Å². The Morgan fingerprint density at radius 3 is 3.00 bits per heavy atom. The zero-order valence-electron chi connectivity index (χ0n) is 9.22. The third kappa shape index (κ3) is 2.39. The third-order valence-electron chi connectivity index (χ3n) is 2.76. The van der Waals surface area contributed by atoms with E-state index in [1.165, 1.54) is 6.07 Å². The molecular weight excluding hydrogens is 207 g/mol. The van der Waals surface area contributed by atoms with Crippen LogP contribution in [0.4, 0.5) is 10.1 Å². The first-order valence-corrected chi connectivity index (χ1v) is 5.47. The summed E-state index contributed by atoms with van der Waals surface area (Å²) in [4.78, 5) is 11.7. The van der Waals surface area contributed by atoms with Crippen LogP contribution in [0, 0.1) is 12.7 Å². The van der Waals surface area contributed by atoms with Gasteiger partial charge in [0.05, 0.1) is 11.7 Å². The molecule has 1 aliphatic heterocycles. The van der Waals surface area contributed by atoms with Gasteiger partial charge in [0, 0.05) is 0 Å². The monoisotopic (exact) mass is 222 g/mol. The lowest BCUT2D eigenvalue weighted by Gasteiger charge is -2.11. The molecule has 0 aromatic heterocycles. The van der Waals surface area contributed by atoms with Crippen LogP contribution in [0.2, 0.25) is 0 Å². The van der Waals surface area contributed by atoms with Crippen molar-refractivity contribution in [2.45, 2.75) is 25.8 Å². The minimum Gasteiger partial charge on any atom is -0.322 e. The number of aryl methyl sites for hydroxylation is 1. The highest BCUT2D eigenvalue weighted by molar-refractivity contribution is 5.95. The standard InChI is InChI=1S/C12H15FN2O/c1-8-4-5-10(9(13)7-8)15-12(16)11-3-2-6-14-11/h4-5,7,11,14H,2-3,6H2,1H3,(H,15,16)/t11-/m1/s1. The Hall–Kier alpha value is -1.42. The lowest BCUT2D eigenvalue weighted by molar-refractivity contribution is -0.117. The molecule has 86 valence electrons. The van der Waals surface area contributed by atoms with E-state index in [2.05, 4.69) is 10.6 Å². The highest BCUT2D eigenvalue weighted by Crippen LogP contribution is 2.16. The van der Waals surface area contributed by atoms with E-state index in [0.29, 0.717) is 0 Å². The lowest BCUT2D eigenvalue weighted by atomic mass is 10.2. The number of amides is 1. The van der Waals surface area contributed by atoms with Crippen LogP contribution in [-0.4, -0.2) is 18.5 Å². The van der Waals surface area contributed by atoms with Crippen molar-refractivity contribution in [3.05, 3.63) is 29.6 Å². The average molecular weight is 222 g/mol. The molecule has 1 fully saturated rings. The molecule has 4 heteroatoms.